The molecule has 2 aliphatic rings. The normalized spacial score (nSPS) is 38.2. The molecule has 4 atom stereocenters. The molecule has 0 saturated carbocycles. The van der Waals surface area contributed by atoms with E-state index in [1.165, 1.54) is 25.8 Å². The number of nitrogens with zero attached hydrogens (tertiary/aromatic N) is 1. The Balaban J connectivity index is 1.79. The third-order valence-corrected chi connectivity index (χ3v) is 4.56. The highest BCUT2D eigenvalue weighted by Crippen LogP contribution is 2.22. The predicted molar refractivity (Wildman–Crippen MR) is 72.8 cm³/mol. The summed E-state index contributed by atoms with van der Waals surface area (Å²) < 4.78 is 11.0. The molecule has 2 rings (SSSR count). The van der Waals surface area contributed by atoms with Gasteiger partial charge in [0, 0.05) is 39.9 Å². The van der Waals surface area contributed by atoms with Crippen molar-refractivity contribution in [2.45, 2.75) is 44.4 Å². The van der Waals surface area contributed by atoms with Crippen molar-refractivity contribution >= 4 is 0 Å². The lowest BCUT2D eigenvalue weighted by Gasteiger charge is -2.32. The van der Waals surface area contributed by atoms with Gasteiger partial charge in [0.2, 0.25) is 0 Å². The Morgan fingerprint density at radius 1 is 1.17 bits per heavy atom. The van der Waals surface area contributed by atoms with E-state index in [9.17, 15) is 0 Å². The first-order chi connectivity index (χ1) is 8.76. The molecule has 2 fully saturated rings. The molecule has 2 heterocycles. The number of nitrogens with one attached hydrogen (secondary N) is 1. The molecule has 0 aromatic carbocycles. The molecule has 1 N–H and O–H groups in total. The number of likely N-dealkylation sites (tertiary alicyclic amines) is 1. The molecule has 2 saturated heterocycles. The molecular weight excluding hydrogens is 228 g/mol. The highest BCUT2D eigenvalue weighted by Gasteiger charge is 2.34. The summed E-state index contributed by atoms with van der Waals surface area (Å²) in [7, 11) is 3.57. The largest absolute Gasteiger partial charge is 0.377 e. The molecule has 0 aromatic heterocycles. The molecule has 0 aliphatic carbocycles. The first kappa shape index (κ1) is 14.3. The van der Waals surface area contributed by atoms with Crippen LogP contribution in [-0.4, -0.2) is 63.5 Å². The van der Waals surface area contributed by atoms with E-state index in [2.05, 4.69) is 17.1 Å². The van der Waals surface area contributed by atoms with Crippen LogP contribution in [0.3, 0.4) is 0 Å². The minimum atomic E-state index is 0.237. The molecule has 0 aromatic rings. The number of ether oxygens (including phenoxy) is 2. The lowest BCUT2D eigenvalue weighted by atomic mass is 9.90. The van der Waals surface area contributed by atoms with Gasteiger partial charge in [0.1, 0.15) is 0 Å². The van der Waals surface area contributed by atoms with Gasteiger partial charge in [-0.25, -0.2) is 0 Å². The average Bonchev–Trinajstić information content (AvgIpc) is 2.81. The summed E-state index contributed by atoms with van der Waals surface area (Å²) in [4.78, 5) is 2.48. The van der Waals surface area contributed by atoms with Crippen LogP contribution >= 0.6 is 0 Å². The van der Waals surface area contributed by atoms with Crippen LogP contribution in [0.2, 0.25) is 0 Å². The van der Waals surface area contributed by atoms with Crippen molar-refractivity contribution in [3.63, 3.8) is 0 Å². The first-order valence-corrected chi connectivity index (χ1v) is 7.28. The maximum atomic E-state index is 5.49. The molecule has 4 unspecified atom stereocenters. The fourth-order valence-corrected chi connectivity index (χ4v) is 3.34. The van der Waals surface area contributed by atoms with E-state index in [-0.39, 0.29) is 12.2 Å². The Bertz CT molecular complexity index is 238. The quantitative estimate of drug-likeness (QED) is 0.799. The van der Waals surface area contributed by atoms with Crippen LogP contribution in [0.15, 0.2) is 0 Å². The zero-order valence-electron chi connectivity index (χ0n) is 12.0. The molecule has 0 amide bonds. The second-order valence-corrected chi connectivity index (χ2v) is 5.72. The Hall–Kier alpha value is -0.160. The summed E-state index contributed by atoms with van der Waals surface area (Å²) >= 11 is 0. The van der Waals surface area contributed by atoms with Gasteiger partial charge < -0.3 is 14.8 Å². The topological polar surface area (TPSA) is 33.7 Å². The van der Waals surface area contributed by atoms with E-state index in [1.807, 2.05) is 0 Å². The number of rotatable bonds is 5. The second-order valence-electron chi connectivity index (χ2n) is 5.72. The maximum absolute atomic E-state index is 5.49. The highest BCUT2D eigenvalue weighted by atomic mass is 16.5. The molecule has 0 bridgehead atoms. The van der Waals surface area contributed by atoms with E-state index < -0.39 is 0 Å². The summed E-state index contributed by atoms with van der Waals surface area (Å²) in [6.45, 7) is 6.63. The predicted octanol–water partition coefficient (Wildman–Crippen LogP) is 1.11. The summed E-state index contributed by atoms with van der Waals surface area (Å²) in [6.07, 6.45) is 4.46. The lowest BCUT2D eigenvalue weighted by molar-refractivity contribution is -0.00461. The van der Waals surface area contributed by atoms with Gasteiger partial charge in [0.05, 0.1) is 12.2 Å². The summed E-state index contributed by atoms with van der Waals surface area (Å²) in [5.74, 6) is 0.912. The average molecular weight is 256 g/mol. The zero-order valence-corrected chi connectivity index (χ0v) is 12.0. The van der Waals surface area contributed by atoms with Gasteiger partial charge in [-0.3, -0.25) is 4.90 Å². The Kier molecular flexibility index (Phi) is 5.42. The van der Waals surface area contributed by atoms with E-state index in [0.717, 1.165) is 25.6 Å². The minimum absolute atomic E-state index is 0.237. The third kappa shape index (κ3) is 3.44. The van der Waals surface area contributed by atoms with Crippen molar-refractivity contribution in [3.05, 3.63) is 0 Å². The van der Waals surface area contributed by atoms with E-state index in [1.54, 1.807) is 14.2 Å². The van der Waals surface area contributed by atoms with Gasteiger partial charge in [0.15, 0.2) is 0 Å². The molecular formula is C14H28N2O2. The zero-order chi connectivity index (χ0) is 13.0. The van der Waals surface area contributed by atoms with Crippen LogP contribution in [0.5, 0.6) is 0 Å². The van der Waals surface area contributed by atoms with E-state index in [4.69, 9.17) is 9.47 Å². The van der Waals surface area contributed by atoms with Crippen molar-refractivity contribution in [2.24, 2.45) is 5.92 Å². The summed E-state index contributed by atoms with van der Waals surface area (Å²) in [5, 5.41) is 3.65. The van der Waals surface area contributed by atoms with Crippen molar-refractivity contribution in [1.82, 2.24) is 10.2 Å². The maximum Gasteiger partial charge on any atom is 0.0971 e. The standard InChI is InChI=1S/C14H28N2O2/c1-4-11-5-6-15-12(7-11)8-16-9-13(17-2)14(10-16)18-3/h11-15H,4-10H2,1-3H3. The van der Waals surface area contributed by atoms with Crippen molar-refractivity contribution < 1.29 is 9.47 Å². The summed E-state index contributed by atoms with van der Waals surface area (Å²) in [6, 6.07) is 0.650. The van der Waals surface area contributed by atoms with Crippen LogP contribution in [0.4, 0.5) is 0 Å². The smallest absolute Gasteiger partial charge is 0.0971 e. The second kappa shape index (κ2) is 6.85. The van der Waals surface area contributed by atoms with Gasteiger partial charge in [0.25, 0.3) is 0 Å². The fraction of sp³-hybridized carbons (Fsp3) is 1.00. The first-order valence-electron chi connectivity index (χ1n) is 7.28. The molecule has 2 aliphatic heterocycles. The lowest BCUT2D eigenvalue weighted by Crippen LogP contribution is -2.45. The Morgan fingerprint density at radius 3 is 2.39 bits per heavy atom. The Morgan fingerprint density at radius 2 is 1.83 bits per heavy atom. The van der Waals surface area contributed by atoms with Crippen LogP contribution in [-0.2, 0) is 9.47 Å². The molecule has 0 radical (unpaired) electrons. The SMILES string of the molecule is CCC1CCNC(CN2CC(OC)C(OC)C2)C1. The fourth-order valence-electron chi connectivity index (χ4n) is 3.34. The van der Waals surface area contributed by atoms with Crippen LogP contribution < -0.4 is 5.32 Å². The third-order valence-electron chi connectivity index (χ3n) is 4.56. The van der Waals surface area contributed by atoms with Gasteiger partial charge in [-0.05, 0) is 25.3 Å². The molecule has 4 heteroatoms. The van der Waals surface area contributed by atoms with Gasteiger partial charge in [-0.1, -0.05) is 13.3 Å². The van der Waals surface area contributed by atoms with E-state index >= 15 is 0 Å². The molecule has 18 heavy (non-hydrogen) atoms. The van der Waals surface area contributed by atoms with Gasteiger partial charge >= 0.3 is 0 Å². The highest BCUT2D eigenvalue weighted by molar-refractivity contribution is 4.89. The van der Waals surface area contributed by atoms with Crippen molar-refractivity contribution in [3.8, 4) is 0 Å². The van der Waals surface area contributed by atoms with Crippen LogP contribution in [0.1, 0.15) is 26.2 Å². The molecule has 0 spiro atoms. The van der Waals surface area contributed by atoms with Crippen LogP contribution in [0, 0.1) is 5.92 Å². The summed E-state index contributed by atoms with van der Waals surface area (Å²) in [5.41, 5.74) is 0. The van der Waals surface area contributed by atoms with Crippen LogP contribution in [0.25, 0.3) is 0 Å². The number of hydrogen-bond acceptors (Lipinski definition) is 4. The molecule has 106 valence electrons. The number of hydrogen-bond donors (Lipinski definition) is 1. The molecule has 4 nitrogen and oxygen atoms in total. The minimum Gasteiger partial charge on any atom is -0.377 e. The van der Waals surface area contributed by atoms with Gasteiger partial charge in [-0.2, -0.15) is 0 Å². The van der Waals surface area contributed by atoms with E-state index in [0.29, 0.717) is 6.04 Å². The number of methoxy groups -OCH3 is 2. The van der Waals surface area contributed by atoms with Gasteiger partial charge in [-0.15, -0.1) is 0 Å². The van der Waals surface area contributed by atoms with Crippen molar-refractivity contribution in [2.75, 3.05) is 40.4 Å². The monoisotopic (exact) mass is 256 g/mol. The number of piperidine rings is 1. The van der Waals surface area contributed by atoms with Crippen molar-refractivity contribution in [1.29, 1.82) is 0 Å². The Labute approximate surface area is 111 Å².